The van der Waals surface area contributed by atoms with Gasteiger partial charge in [-0.25, -0.2) is 9.97 Å². The predicted molar refractivity (Wildman–Crippen MR) is 83.2 cm³/mol. The molecule has 2 N–H and O–H groups in total. The van der Waals surface area contributed by atoms with Gasteiger partial charge in [0.15, 0.2) is 0 Å². The highest BCUT2D eigenvalue weighted by molar-refractivity contribution is 5.40. The van der Waals surface area contributed by atoms with Gasteiger partial charge in [-0.05, 0) is 24.8 Å². The van der Waals surface area contributed by atoms with Crippen molar-refractivity contribution in [2.75, 3.05) is 23.7 Å². The summed E-state index contributed by atoms with van der Waals surface area (Å²) in [5.74, 6) is 2.05. The Balaban J connectivity index is 1.67. The molecule has 1 saturated heterocycles. The van der Waals surface area contributed by atoms with E-state index in [1.54, 1.807) is 6.33 Å². The van der Waals surface area contributed by atoms with Gasteiger partial charge in [-0.15, -0.1) is 0 Å². The average Bonchev–Trinajstić information content (AvgIpc) is 2.94. The largest absolute Gasteiger partial charge is 0.382 e. The van der Waals surface area contributed by atoms with E-state index in [9.17, 15) is 0 Å². The first-order chi connectivity index (χ1) is 10.1. The van der Waals surface area contributed by atoms with Gasteiger partial charge >= 0.3 is 0 Å². The van der Waals surface area contributed by atoms with Crippen molar-refractivity contribution >= 4 is 11.6 Å². The Hall–Kier alpha value is -2.11. The van der Waals surface area contributed by atoms with Crippen LogP contribution in [0.4, 0.5) is 11.6 Å². The summed E-state index contributed by atoms with van der Waals surface area (Å²) in [6.45, 7) is 6.28. The van der Waals surface area contributed by atoms with Crippen molar-refractivity contribution < 1.29 is 0 Å². The standard InChI is InChI=1S/C15H22N6/c1-11(2)13-9-15(18-10-17-13)20-6-3-12(4-7-20)21-8-5-14(16)19-21/h5,8-12H,3-4,6-7H2,1-2H3,(H2,16,19). The van der Waals surface area contributed by atoms with Crippen LogP contribution in [0.3, 0.4) is 0 Å². The Labute approximate surface area is 125 Å². The van der Waals surface area contributed by atoms with Crippen LogP contribution < -0.4 is 10.6 Å². The van der Waals surface area contributed by atoms with Gasteiger partial charge < -0.3 is 10.6 Å². The Bertz CT molecular complexity index is 598. The second-order valence-corrected chi connectivity index (χ2v) is 5.89. The zero-order valence-corrected chi connectivity index (χ0v) is 12.6. The fourth-order valence-electron chi connectivity index (χ4n) is 2.77. The van der Waals surface area contributed by atoms with Crippen LogP contribution in [0.1, 0.15) is 44.3 Å². The second kappa shape index (κ2) is 5.71. The van der Waals surface area contributed by atoms with Gasteiger partial charge in [0.2, 0.25) is 0 Å². The minimum absolute atomic E-state index is 0.427. The number of piperidine rings is 1. The van der Waals surface area contributed by atoms with Crippen LogP contribution in [0.2, 0.25) is 0 Å². The van der Waals surface area contributed by atoms with Crippen LogP contribution in [0.25, 0.3) is 0 Å². The lowest BCUT2D eigenvalue weighted by Gasteiger charge is -2.33. The molecule has 0 atom stereocenters. The monoisotopic (exact) mass is 286 g/mol. The van der Waals surface area contributed by atoms with Crippen LogP contribution in [0, 0.1) is 0 Å². The van der Waals surface area contributed by atoms with Crippen LogP contribution in [-0.4, -0.2) is 32.8 Å². The molecule has 0 unspecified atom stereocenters. The highest BCUT2D eigenvalue weighted by Crippen LogP contribution is 2.26. The lowest BCUT2D eigenvalue weighted by molar-refractivity contribution is 0.366. The second-order valence-electron chi connectivity index (χ2n) is 5.89. The fourth-order valence-corrected chi connectivity index (χ4v) is 2.77. The van der Waals surface area contributed by atoms with E-state index in [1.165, 1.54) is 0 Å². The van der Waals surface area contributed by atoms with E-state index in [4.69, 9.17) is 5.73 Å². The highest BCUT2D eigenvalue weighted by Gasteiger charge is 2.22. The Morgan fingerprint density at radius 1 is 1.24 bits per heavy atom. The third-order valence-electron chi connectivity index (χ3n) is 4.06. The molecule has 0 aromatic carbocycles. The fraction of sp³-hybridized carbons (Fsp3) is 0.533. The molecule has 0 amide bonds. The molecule has 2 aromatic heterocycles. The van der Waals surface area contributed by atoms with E-state index >= 15 is 0 Å². The van der Waals surface area contributed by atoms with Crippen molar-refractivity contribution in [2.45, 2.75) is 38.6 Å². The van der Waals surface area contributed by atoms with Crippen molar-refractivity contribution in [2.24, 2.45) is 0 Å². The van der Waals surface area contributed by atoms with Gasteiger partial charge in [0, 0.05) is 31.0 Å². The third-order valence-corrected chi connectivity index (χ3v) is 4.06. The molecule has 0 bridgehead atoms. The van der Waals surface area contributed by atoms with Crippen molar-refractivity contribution in [3.05, 3.63) is 30.4 Å². The molecule has 0 radical (unpaired) electrons. The first kappa shape index (κ1) is 13.9. The normalized spacial score (nSPS) is 16.6. The molecular weight excluding hydrogens is 264 g/mol. The predicted octanol–water partition coefficient (Wildman–Crippen LogP) is 2.22. The lowest BCUT2D eigenvalue weighted by Crippen LogP contribution is -2.35. The van der Waals surface area contributed by atoms with Gasteiger partial charge in [-0.3, -0.25) is 4.68 Å². The maximum Gasteiger partial charge on any atom is 0.145 e. The molecule has 3 rings (SSSR count). The zero-order chi connectivity index (χ0) is 14.8. The van der Waals surface area contributed by atoms with Crippen molar-refractivity contribution in [3.8, 4) is 0 Å². The maximum absolute atomic E-state index is 5.69. The Morgan fingerprint density at radius 2 is 2.00 bits per heavy atom. The van der Waals surface area contributed by atoms with Gasteiger partial charge in [0.1, 0.15) is 18.0 Å². The molecule has 1 aliphatic heterocycles. The SMILES string of the molecule is CC(C)c1cc(N2CCC(n3ccc(N)n3)CC2)ncn1. The number of nitrogen functional groups attached to an aromatic ring is 1. The van der Waals surface area contributed by atoms with E-state index in [-0.39, 0.29) is 0 Å². The van der Waals surface area contributed by atoms with E-state index in [2.05, 4.69) is 39.9 Å². The first-order valence-corrected chi connectivity index (χ1v) is 7.51. The molecular formula is C15H22N6. The summed E-state index contributed by atoms with van der Waals surface area (Å²) in [7, 11) is 0. The minimum Gasteiger partial charge on any atom is -0.382 e. The lowest BCUT2D eigenvalue weighted by atomic mass is 10.0. The number of nitrogens with two attached hydrogens (primary N) is 1. The molecule has 3 heterocycles. The summed E-state index contributed by atoms with van der Waals surface area (Å²) < 4.78 is 1.99. The molecule has 6 heteroatoms. The van der Waals surface area contributed by atoms with Crippen molar-refractivity contribution in [1.82, 2.24) is 19.7 Å². The molecule has 21 heavy (non-hydrogen) atoms. The van der Waals surface area contributed by atoms with Crippen LogP contribution >= 0.6 is 0 Å². The molecule has 1 aliphatic rings. The topological polar surface area (TPSA) is 72.9 Å². The van der Waals surface area contributed by atoms with E-state index in [1.807, 2.05) is 16.9 Å². The average molecular weight is 286 g/mol. The third kappa shape index (κ3) is 2.99. The summed E-state index contributed by atoms with van der Waals surface area (Å²) in [4.78, 5) is 11.1. The van der Waals surface area contributed by atoms with Crippen LogP contribution in [-0.2, 0) is 0 Å². The van der Waals surface area contributed by atoms with Gasteiger partial charge in [0.25, 0.3) is 0 Å². The van der Waals surface area contributed by atoms with Crippen molar-refractivity contribution in [3.63, 3.8) is 0 Å². The Kier molecular flexibility index (Phi) is 3.77. The van der Waals surface area contributed by atoms with E-state index < -0.39 is 0 Å². The summed E-state index contributed by atoms with van der Waals surface area (Å²) >= 11 is 0. The molecule has 0 saturated carbocycles. The number of rotatable bonds is 3. The molecule has 112 valence electrons. The van der Waals surface area contributed by atoms with Gasteiger partial charge in [-0.2, -0.15) is 5.10 Å². The highest BCUT2D eigenvalue weighted by atomic mass is 15.3. The summed E-state index contributed by atoms with van der Waals surface area (Å²) in [6.07, 6.45) is 5.76. The summed E-state index contributed by atoms with van der Waals surface area (Å²) in [5.41, 5.74) is 6.79. The Morgan fingerprint density at radius 3 is 2.62 bits per heavy atom. The first-order valence-electron chi connectivity index (χ1n) is 7.51. The number of nitrogens with zero attached hydrogens (tertiary/aromatic N) is 5. The zero-order valence-electron chi connectivity index (χ0n) is 12.6. The maximum atomic E-state index is 5.69. The molecule has 6 nitrogen and oxygen atoms in total. The number of hydrogen-bond donors (Lipinski definition) is 1. The minimum atomic E-state index is 0.427. The van der Waals surface area contributed by atoms with Gasteiger partial charge in [-0.1, -0.05) is 13.8 Å². The molecule has 1 fully saturated rings. The summed E-state index contributed by atoms with van der Waals surface area (Å²) in [5, 5.41) is 4.32. The number of anilines is 2. The summed E-state index contributed by atoms with van der Waals surface area (Å²) in [6, 6.07) is 4.40. The van der Waals surface area contributed by atoms with E-state index in [0.29, 0.717) is 17.8 Å². The van der Waals surface area contributed by atoms with E-state index in [0.717, 1.165) is 37.4 Å². The molecule has 2 aromatic rings. The quantitative estimate of drug-likeness (QED) is 0.936. The number of aromatic nitrogens is 4. The number of hydrogen-bond acceptors (Lipinski definition) is 5. The smallest absolute Gasteiger partial charge is 0.145 e. The van der Waals surface area contributed by atoms with Crippen LogP contribution in [0.15, 0.2) is 24.7 Å². The molecule has 0 spiro atoms. The van der Waals surface area contributed by atoms with Crippen molar-refractivity contribution in [1.29, 1.82) is 0 Å². The van der Waals surface area contributed by atoms with Gasteiger partial charge in [0.05, 0.1) is 6.04 Å². The van der Waals surface area contributed by atoms with Crippen LogP contribution in [0.5, 0.6) is 0 Å². The molecule has 0 aliphatic carbocycles.